The van der Waals surface area contributed by atoms with Crippen LogP contribution in [0.25, 0.3) is 0 Å². The van der Waals surface area contributed by atoms with Crippen LogP contribution >= 0.6 is 0 Å². The summed E-state index contributed by atoms with van der Waals surface area (Å²) < 4.78 is 10.6. The Kier molecular flexibility index (Phi) is 7.43. The minimum Gasteiger partial charge on any atom is -0.494 e. The molecule has 0 amide bonds. The van der Waals surface area contributed by atoms with Crippen molar-refractivity contribution in [3.63, 3.8) is 0 Å². The molecule has 0 radical (unpaired) electrons. The number of hydrogen-bond donors (Lipinski definition) is 1. The summed E-state index contributed by atoms with van der Waals surface area (Å²) in [5.41, 5.74) is 1.25. The SMILES string of the molecule is CCCCOc1cccc(CNCCOC)c1. The Morgan fingerprint density at radius 1 is 1.24 bits per heavy atom. The Hall–Kier alpha value is -1.06. The maximum Gasteiger partial charge on any atom is 0.119 e. The fourth-order valence-corrected chi connectivity index (χ4v) is 1.49. The lowest BCUT2D eigenvalue weighted by Gasteiger charge is -2.08. The second kappa shape index (κ2) is 9.02. The minimum atomic E-state index is 0.743. The third-order valence-electron chi connectivity index (χ3n) is 2.48. The normalized spacial score (nSPS) is 10.5. The highest BCUT2D eigenvalue weighted by molar-refractivity contribution is 5.28. The Morgan fingerprint density at radius 2 is 2.12 bits per heavy atom. The molecule has 0 aliphatic carbocycles. The fraction of sp³-hybridized carbons (Fsp3) is 0.571. The van der Waals surface area contributed by atoms with Crippen molar-refractivity contribution in [3.05, 3.63) is 29.8 Å². The van der Waals surface area contributed by atoms with Crippen LogP contribution in [0.1, 0.15) is 25.3 Å². The van der Waals surface area contributed by atoms with E-state index in [1.54, 1.807) is 7.11 Å². The first-order valence-electron chi connectivity index (χ1n) is 6.28. The Morgan fingerprint density at radius 3 is 2.88 bits per heavy atom. The van der Waals surface area contributed by atoms with Crippen LogP contribution in [0.5, 0.6) is 5.75 Å². The van der Waals surface area contributed by atoms with Crippen LogP contribution in [0.2, 0.25) is 0 Å². The van der Waals surface area contributed by atoms with Gasteiger partial charge in [0.1, 0.15) is 5.75 Å². The van der Waals surface area contributed by atoms with Crippen molar-refractivity contribution in [1.82, 2.24) is 5.32 Å². The highest BCUT2D eigenvalue weighted by Crippen LogP contribution is 2.13. The van der Waals surface area contributed by atoms with Crippen molar-refractivity contribution in [2.75, 3.05) is 26.9 Å². The molecule has 0 saturated heterocycles. The van der Waals surface area contributed by atoms with Gasteiger partial charge in [-0.3, -0.25) is 0 Å². The molecule has 1 aromatic rings. The summed E-state index contributed by atoms with van der Waals surface area (Å²) in [5, 5.41) is 3.32. The van der Waals surface area contributed by atoms with E-state index in [1.807, 2.05) is 12.1 Å². The van der Waals surface area contributed by atoms with E-state index in [0.717, 1.165) is 44.9 Å². The summed E-state index contributed by atoms with van der Waals surface area (Å²) in [7, 11) is 1.71. The molecule has 96 valence electrons. The molecule has 0 fully saturated rings. The lowest BCUT2D eigenvalue weighted by molar-refractivity contribution is 0.199. The zero-order valence-electron chi connectivity index (χ0n) is 10.9. The summed E-state index contributed by atoms with van der Waals surface area (Å²) in [6.45, 7) is 5.44. The number of nitrogens with one attached hydrogen (secondary N) is 1. The van der Waals surface area contributed by atoms with Gasteiger partial charge in [-0.05, 0) is 24.1 Å². The molecule has 0 bridgehead atoms. The van der Waals surface area contributed by atoms with Gasteiger partial charge in [0, 0.05) is 20.2 Å². The second-order valence-electron chi connectivity index (χ2n) is 4.02. The molecule has 3 heteroatoms. The van der Waals surface area contributed by atoms with E-state index in [9.17, 15) is 0 Å². The summed E-state index contributed by atoms with van der Waals surface area (Å²) in [5.74, 6) is 0.962. The predicted molar refractivity (Wildman–Crippen MR) is 70.4 cm³/mol. The molecule has 0 aliphatic rings. The standard InChI is InChI=1S/C14H23NO2/c1-3-4-9-17-14-7-5-6-13(11-14)12-15-8-10-16-2/h5-7,11,15H,3-4,8-10,12H2,1-2H3. The summed E-state index contributed by atoms with van der Waals surface area (Å²) in [6, 6.07) is 8.24. The molecule has 0 saturated carbocycles. The molecule has 17 heavy (non-hydrogen) atoms. The van der Waals surface area contributed by atoms with E-state index >= 15 is 0 Å². The molecular formula is C14H23NO2. The van der Waals surface area contributed by atoms with E-state index in [1.165, 1.54) is 5.56 Å². The van der Waals surface area contributed by atoms with Crippen molar-refractivity contribution in [1.29, 1.82) is 0 Å². The predicted octanol–water partition coefficient (Wildman–Crippen LogP) is 2.60. The van der Waals surface area contributed by atoms with Gasteiger partial charge in [-0.1, -0.05) is 25.5 Å². The van der Waals surface area contributed by atoms with Crippen LogP contribution in [0, 0.1) is 0 Å². The number of unbranched alkanes of at least 4 members (excludes halogenated alkanes) is 1. The lowest BCUT2D eigenvalue weighted by atomic mass is 10.2. The van der Waals surface area contributed by atoms with Gasteiger partial charge in [-0.15, -0.1) is 0 Å². The molecule has 0 aliphatic heterocycles. The third-order valence-corrected chi connectivity index (χ3v) is 2.48. The molecule has 1 rings (SSSR count). The zero-order chi connectivity index (χ0) is 12.3. The smallest absolute Gasteiger partial charge is 0.119 e. The Labute approximate surface area is 104 Å². The van der Waals surface area contributed by atoms with Gasteiger partial charge < -0.3 is 14.8 Å². The molecule has 1 aromatic carbocycles. The van der Waals surface area contributed by atoms with E-state index in [4.69, 9.17) is 9.47 Å². The first-order chi connectivity index (χ1) is 8.36. The molecule has 0 atom stereocenters. The van der Waals surface area contributed by atoms with Gasteiger partial charge >= 0.3 is 0 Å². The summed E-state index contributed by atoms with van der Waals surface area (Å²) in [6.07, 6.45) is 2.27. The van der Waals surface area contributed by atoms with Gasteiger partial charge in [0.05, 0.1) is 13.2 Å². The van der Waals surface area contributed by atoms with Crippen molar-refractivity contribution < 1.29 is 9.47 Å². The van der Waals surface area contributed by atoms with Gasteiger partial charge in [0.2, 0.25) is 0 Å². The molecule has 0 spiro atoms. The number of hydrogen-bond acceptors (Lipinski definition) is 3. The van der Waals surface area contributed by atoms with Crippen LogP contribution < -0.4 is 10.1 Å². The van der Waals surface area contributed by atoms with Crippen LogP contribution in [0.15, 0.2) is 24.3 Å². The topological polar surface area (TPSA) is 30.5 Å². The Balaban J connectivity index is 2.31. The van der Waals surface area contributed by atoms with Crippen LogP contribution in [-0.4, -0.2) is 26.9 Å². The fourth-order valence-electron chi connectivity index (χ4n) is 1.49. The van der Waals surface area contributed by atoms with Crippen molar-refractivity contribution >= 4 is 0 Å². The van der Waals surface area contributed by atoms with Gasteiger partial charge in [-0.2, -0.15) is 0 Å². The number of rotatable bonds is 9. The highest BCUT2D eigenvalue weighted by atomic mass is 16.5. The number of methoxy groups -OCH3 is 1. The van der Waals surface area contributed by atoms with Crippen LogP contribution in [0.4, 0.5) is 0 Å². The molecule has 1 N–H and O–H groups in total. The maximum absolute atomic E-state index is 5.66. The monoisotopic (exact) mass is 237 g/mol. The molecule has 0 heterocycles. The summed E-state index contributed by atoms with van der Waals surface area (Å²) in [4.78, 5) is 0. The average Bonchev–Trinajstić information content (AvgIpc) is 2.36. The Bertz CT molecular complexity index is 302. The average molecular weight is 237 g/mol. The van der Waals surface area contributed by atoms with Gasteiger partial charge in [-0.25, -0.2) is 0 Å². The van der Waals surface area contributed by atoms with Crippen LogP contribution in [-0.2, 0) is 11.3 Å². The van der Waals surface area contributed by atoms with E-state index < -0.39 is 0 Å². The van der Waals surface area contributed by atoms with E-state index in [0.29, 0.717) is 0 Å². The van der Waals surface area contributed by atoms with Crippen LogP contribution in [0.3, 0.4) is 0 Å². The second-order valence-corrected chi connectivity index (χ2v) is 4.02. The quantitative estimate of drug-likeness (QED) is 0.670. The summed E-state index contributed by atoms with van der Waals surface area (Å²) >= 11 is 0. The van der Waals surface area contributed by atoms with Gasteiger partial charge in [0.25, 0.3) is 0 Å². The number of ether oxygens (including phenoxy) is 2. The molecule has 0 aromatic heterocycles. The highest BCUT2D eigenvalue weighted by Gasteiger charge is 1.96. The molecule has 3 nitrogen and oxygen atoms in total. The number of benzene rings is 1. The molecule has 0 unspecified atom stereocenters. The third kappa shape index (κ3) is 6.29. The first-order valence-corrected chi connectivity index (χ1v) is 6.28. The van der Waals surface area contributed by atoms with Crippen molar-refractivity contribution in [2.45, 2.75) is 26.3 Å². The van der Waals surface area contributed by atoms with Crippen molar-refractivity contribution in [2.24, 2.45) is 0 Å². The lowest BCUT2D eigenvalue weighted by Crippen LogP contribution is -2.18. The van der Waals surface area contributed by atoms with Gasteiger partial charge in [0.15, 0.2) is 0 Å². The maximum atomic E-state index is 5.66. The van der Waals surface area contributed by atoms with Crippen molar-refractivity contribution in [3.8, 4) is 5.75 Å². The largest absolute Gasteiger partial charge is 0.494 e. The zero-order valence-corrected chi connectivity index (χ0v) is 10.9. The van der Waals surface area contributed by atoms with E-state index in [-0.39, 0.29) is 0 Å². The first kappa shape index (κ1) is 14.0. The minimum absolute atomic E-state index is 0.743. The van der Waals surface area contributed by atoms with E-state index in [2.05, 4.69) is 24.4 Å². The molecular weight excluding hydrogens is 214 g/mol.